The zero-order valence-electron chi connectivity index (χ0n) is 9.74. The minimum Gasteiger partial charge on any atom is -0.487 e. The molecule has 1 aromatic carbocycles. The van der Waals surface area contributed by atoms with Crippen LogP contribution in [0.4, 0.5) is 0 Å². The molecular formula is C13H12Br2O3. The molecule has 0 unspecified atom stereocenters. The standard InChI is InChI=1S/C13H12Br2O3/c1-8(2)7-18-13-10(14)5-9(6-11(13)15)3-4-12(16)17/h3-6H,1,7H2,2H3,(H,16,17)/b4-3+. The summed E-state index contributed by atoms with van der Waals surface area (Å²) in [6, 6.07) is 3.58. The maximum atomic E-state index is 10.4. The molecule has 5 heteroatoms. The van der Waals surface area contributed by atoms with E-state index >= 15 is 0 Å². The number of halogens is 2. The van der Waals surface area contributed by atoms with Gasteiger partial charge in [-0.3, -0.25) is 0 Å². The molecule has 0 heterocycles. The van der Waals surface area contributed by atoms with Gasteiger partial charge in [0, 0.05) is 6.08 Å². The molecule has 0 aliphatic carbocycles. The van der Waals surface area contributed by atoms with Crippen molar-refractivity contribution >= 4 is 43.9 Å². The summed E-state index contributed by atoms with van der Waals surface area (Å²) in [6.07, 6.45) is 2.60. The molecule has 0 saturated heterocycles. The van der Waals surface area contributed by atoms with Crippen LogP contribution < -0.4 is 4.74 Å². The van der Waals surface area contributed by atoms with Crippen molar-refractivity contribution in [1.82, 2.24) is 0 Å². The van der Waals surface area contributed by atoms with E-state index in [9.17, 15) is 4.79 Å². The molecule has 0 spiro atoms. The van der Waals surface area contributed by atoms with Gasteiger partial charge in [-0.1, -0.05) is 6.58 Å². The summed E-state index contributed by atoms with van der Waals surface area (Å²) in [4.78, 5) is 10.4. The SMILES string of the molecule is C=C(C)COc1c(Br)cc(/C=C/C(=O)O)cc1Br. The Balaban J connectivity index is 2.97. The average Bonchev–Trinajstić information content (AvgIpc) is 2.24. The molecule has 3 nitrogen and oxygen atoms in total. The number of carbonyl (C=O) groups is 1. The number of hydrogen-bond donors (Lipinski definition) is 1. The zero-order valence-corrected chi connectivity index (χ0v) is 12.9. The highest BCUT2D eigenvalue weighted by atomic mass is 79.9. The fraction of sp³-hybridized carbons (Fsp3) is 0.154. The number of hydrogen-bond acceptors (Lipinski definition) is 2. The maximum Gasteiger partial charge on any atom is 0.328 e. The lowest BCUT2D eigenvalue weighted by atomic mass is 10.2. The second kappa shape index (κ2) is 6.75. The first-order valence-electron chi connectivity index (χ1n) is 5.07. The average molecular weight is 376 g/mol. The first-order valence-corrected chi connectivity index (χ1v) is 6.66. The smallest absolute Gasteiger partial charge is 0.328 e. The lowest BCUT2D eigenvalue weighted by Gasteiger charge is -2.11. The van der Waals surface area contributed by atoms with E-state index in [1.54, 1.807) is 12.1 Å². The van der Waals surface area contributed by atoms with Gasteiger partial charge in [-0.15, -0.1) is 0 Å². The maximum absolute atomic E-state index is 10.4. The van der Waals surface area contributed by atoms with Gasteiger partial charge >= 0.3 is 5.97 Å². The van der Waals surface area contributed by atoms with Gasteiger partial charge in [-0.05, 0) is 68.1 Å². The highest BCUT2D eigenvalue weighted by Crippen LogP contribution is 2.35. The Morgan fingerprint density at radius 1 is 1.44 bits per heavy atom. The highest BCUT2D eigenvalue weighted by molar-refractivity contribution is 9.11. The molecule has 0 fully saturated rings. The van der Waals surface area contributed by atoms with E-state index in [4.69, 9.17) is 9.84 Å². The number of carboxylic acid groups (broad SMARTS) is 1. The predicted octanol–water partition coefficient (Wildman–Crippen LogP) is 4.26. The van der Waals surface area contributed by atoms with Gasteiger partial charge < -0.3 is 9.84 Å². The minimum atomic E-state index is -0.982. The van der Waals surface area contributed by atoms with Crippen LogP contribution in [0, 0.1) is 0 Å². The number of ether oxygens (including phenoxy) is 1. The molecular weight excluding hydrogens is 364 g/mol. The van der Waals surface area contributed by atoms with Gasteiger partial charge in [0.15, 0.2) is 0 Å². The zero-order chi connectivity index (χ0) is 13.7. The Labute approximate surface area is 122 Å². The third kappa shape index (κ3) is 4.66. The Bertz CT molecular complexity index is 484. The molecule has 0 bridgehead atoms. The summed E-state index contributed by atoms with van der Waals surface area (Å²) >= 11 is 6.78. The summed E-state index contributed by atoms with van der Waals surface area (Å²) in [5.74, 6) is -0.310. The van der Waals surface area contributed by atoms with Crippen molar-refractivity contribution in [3.8, 4) is 5.75 Å². The van der Waals surface area contributed by atoms with Crippen LogP contribution in [-0.4, -0.2) is 17.7 Å². The van der Waals surface area contributed by atoms with E-state index in [1.165, 1.54) is 6.08 Å². The first kappa shape index (κ1) is 15.0. The molecule has 0 amide bonds. The fourth-order valence-electron chi connectivity index (χ4n) is 1.18. The normalized spacial score (nSPS) is 10.6. The van der Waals surface area contributed by atoms with Crippen molar-refractivity contribution in [2.24, 2.45) is 0 Å². The monoisotopic (exact) mass is 374 g/mol. The molecule has 18 heavy (non-hydrogen) atoms. The van der Waals surface area contributed by atoms with E-state index in [0.29, 0.717) is 12.4 Å². The Morgan fingerprint density at radius 2 is 2.00 bits per heavy atom. The molecule has 0 aliphatic heterocycles. The van der Waals surface area contributed by atoms with Crippen LogP contribution in [0.3, 0.4) is 0 Å². The number of rotatable bonds is 5. The minimum absolute atomic E-state index is 0.432. The fourth-order valence-corrected chi connectivity index (χ4v) is 2.63. The summed E-state index contributed by atoms with van der Waals surface area (Å²) in [5, 5.41) is 8.57. The van der Waals surface area contributed by atoms with Gasteiger partial charge in [0.2, 0.25) is 0 Å². The molecule has 1 rings (SSSR count). The van der Waals surface area contributed by atoms with E-state index < -0.39 is 5.97 Å². The molecule has 0 atom stereocenters. The van der Waals surface area contributed by atoms with E-state index in [0.717, 1.165) is 26.2 Å². The second-order valence-corrected chi connectivity index (χ2v) is 5.44. The number of benzene rings is 1. The van der Waals surface area contributed by atoms with Crippen LogP contribution in [0.15, 0.2) is 39.3 Å². The summed E-state index contributed by atoms with van der Waals surface area (Å²) in [5.41, 5.74) is 1.68. The van der Waals surface area contributed by atoms with Crippen molar-refractivity contribution in [1.29, 1.82) is 0 Å². The van der Waals surface area contributed by atoms with Crippen LogP contribution in [0.25, 0.3) is 6.08 Å². The van der Waals surface area contributed by atoms with Crippen molar-refractivity contribution in [3.05, 3.63) is 44.9 Å². The van der Waals surface area contributed by atoms with Gasteiger partial charge in [-0.25, -0.2) is 4.79 Å². The lowest BCUT2D eigenvalue weighted by Crippen LogP contribution is -1.99. The Kier molecular flexibility index (Phi) is 5.62. The third-order valence-electron chi connectivity index (χ3n) is 1.90. The topological polar surface area (TPSA) is 46.5 Å². The van der Waals surface area contributed by atoms with Crippen molar-refractivity contribution in [2.45, 2.75) is 6.92 Å². The van der Waals surface area contributed by atoms with E-state index in [2.05, 4.69) is 38.4 Å². The van der Waals surface area contributed by atoms with E-state index in [-0.39, 0.29) is 0 Å². The van der Waals surface area contributed by atoms with Crippen molar-refractivity contribution in [2.75, 3.05) is 6.61 Å². The first-order chi connectivity index (χ1) is 8.40. The van der Waals surface area contributed by atoms with Gasteiger partial charge in [0.1, 0.15) is 12.4 Å². The summed E-state index contributed by atoms with van der Waals surface area (Å²) < 4.78 is 7.08. The lowest BCUT2D eigenvalue weighted by molar-refractivity contribution is -0.131. The van der Waals surface area contributed by atoms with Crippen LogP contribution >= 0.6 is 31.9 Å². The van der Waals surface area contributed by atoms with Crippen LogP contribution in [0.1, 0.15) is 12.5 Å². The Hall–Kier alpha value is -1.07. The van der Waals surface area contributed by atoms with Crippen molar-refractivity contribution in [3.63, 3.8) is 0 Å². The largest absolute Gasteiger partial charge is 0.487 e. The van der Waals surface area contributed by atoms with Crippen LogP contribution in [0.5, 0.6) is 5.75 Å². The summed E-state index contributed by atoms with van der Waals surface area (Å²) in [6.45, 7) is 6.08. The predicted molar refractivity (Wildman–Crippen MR) is 78.8 cm³/mol. The van der Waals surface area contributed by atoms with Gasteiger partial charge in [0.05, 0.1) is 8.95 Å². The molecule has 1 aromatic rings. The molecule has 1 N–H and O–H groups in total. The van der Waals surface area contributed by atoms with Crippen LogP contribution in [-0.2, 0) is 4.79 Å². The molecule has 0 aliphatic rings. The molecule has 0 radical (unpaired) electrons. The third-order valence-corrected chi connectivity index (χ3v) is 3.08. The van der Waals surface area contributed by atoms with E-state index in [1.807, 2.05) is 6.92 Å². The number of carboxylic acids is 1. The molecule has 0 aromatic heterocycles. The van der Waals surface area contributed by atoms with Gasteiger partial charge in [-0.2, -0.15) is 0 Å². The molecule has 96 valence electrons. The van der Waals surface area contributed by atoms with Crippen LogP contribution in [0.2, 0.25) is 0 Å². The van der Waals surface area contributed by atoms with Crippen molar-refractivity contribution < 1.29 is 14.6 Å². The molecule has 0 saturated carbocycles. The summed E-state index contributed by atoms with van der Waals surface area (Å²) in [7, 11) is 0. The quantitative estimate of drug-likeness (QED) is 0.617. The van der Waals surface area contributed by atoms with Gasteiger partial charge in [0.25, 0.3) is 0 Å². The highest BCUT2D eigenvalue weighted by Gasteiger charge is 2.08. The number of aliphatic carboxylic acids is 1. The Morgan fingerprint density at radius 3 is 2.44 bits per heavy atom. The second-order valence-electron chi connectivity index (χ2n) is 3.73.